The van der Waals surface area contributed by atoms with E-state index in [4.69, 9.17) is 15.2 Å². The number of aromatic amines is 1. The normalized spacial score (nSPS) is 14.3. The molecule has 1 aliphatic heterocycles. The monoisotopic (exact) mass is 457 g/mol. The number of hydrogen-bond acceptors (Lipinski definition) is 7. The minimum Gasteiger partial charge on any atom is -0.493 e. The van der Waals surface area contributed by atoms with Crippen LogP contribution in [0.15, 0.2) is 35.3 Å². The second-order valence-corrected chi connectivity index (χ2v) is 6.95. The van der Waals surface area contributed by atoms with E-state index in [-0.39, 0.29) is 23.7 Å². The van der Waals surface area contributed by atoms with Crippen molar-refractivity contribution in [1.82, 2.24) is 15.2 Å². The van der Waals surface area contributed by atoms with Gasteiger partial charge in [-0.2, -0.15) is 5.10 Å². The Kier molecular flexibility index (Phi) is 5.82. The average Bonchev–Trinajstić information content (AvgIpc) is 3.30. The summed E-state index contributed by atoms with van der Waals surface area (Å²) in [7, 11) is 2.46. The van der Waals surface area contributed by atoms with E-state index in [2.05, 4.69) is 20.2 Å². The fourth-order valence-corrected chi connectivity index (χ4v) is 3.65. The maximum Gasteiger partial charge on any atom is 0.334 e. The number of carbonyl (C=O) groups excluding carboxylic acids is 1. The molecule has 10 nitrogen and oxygen atoms in total. The summed E-state index contributed by atoms with van der Waals surface area (Å²) in [5, 5.41) is 7.27. The molecule has 0 unspecified atom stereocenters. The molecule has 4 rings (SSSR count). The topological polar surface area (TPSA) is 122 Å². The summed E-state index contributed by atoms with van der Waals surface area (Å²) in [6.45, 7) is 2.07. The smallest absolute Gasteiger partial charge is 0.334 e. The highest BCUT2D eigenvalue weighted by molar-refractivity contribution is 6.16. The number of anilines is 2. The lowest BCUT2D eigenvalue weighted by Gasteiger charge is -2.37. The highest BCUT2D eigenvalue weighted by Gasteiger charge is 2.39. The van der Waals surface area contributed by atoms with Crippen LogP contribution in [-0.4, -0.2) is 48.2 Å². The third-order valence-corrected chi connectivity index (χ3v) is 5.16. The van der Waals surface area contributed by atoms with Crippen LogP contribution in [0.25, 0.3) is 11.0 Å². The van der Waals surface area contributed by atoms with Crippen molar-refractivity contribution in [2.24, 2.45) is 10.7 Å². The van der Waals surface area contributed by atoms with E-state index in [1.807, 2.05) is 6.92 Å². The Morgan fingerprint density at radius 3 is 2.55 bits per heavy atom. The first-order valence-electron chi connectivity index (χ1n) is 9.91. The number of rotatable bonds is 6. The zero-order valence-corrected chi connectivity index (χ0v) is 18.1. The first-order valence-corrected chi connectivity index (χ1v) is 9.91. The summed E-state index contributed by atoms with van der Waals surface area (Å²) in [5.74, 6) is -2.66. The maximum atomic E-state index is 15.3. The Labute approximate surface area is 187 Å². The lowest BCUT2D eigenvalue weighted by Crippen LogP contribution is -2.48. The number of halogens is 2. The number of nitrogens with one attached hydrogen (secondary N) is 1. The van der Waals surface area contributed by atoms with Crippen molar-refractivity contribution in [2.75, 3.05) is 30.6 Å². The second-order valence-electron chi connectivity index (χ2n) is 6.95. The molecular weight excluding hydrogens is 436 g/mol. The van der Waals surface area contributed by atoms with Crippen LogP contribution < -0.4 is 25.0 Å². The van der Waals surface area contributed by atoms with E-state index in [1.54, 1.807) is 0 Å². The number of fused-ring (bicyclic) bond motifs is 3. The molecule has 12 heteroatoms. The number of H-pyrrole nitrogens is 1. The number of nitrogens with zero attached hydrogens (tertiary/aromatic N) is 5. The highest BCUT2D eigenvalue weighted by Crippen LogP contribution is 2.42. The summed E-state index contributed by atoms with van der Waals surface area (Å²) in [6, 6.07) is 0.313. The quantitative estimate of drug-likeness (QED) is 0.549. The van der Waals surface area contributed by atoms with Gasteiger partial charge in [0.15, 0.2) is 28.8 Å². The zero-order valence-electron chi connectivity index (χ0n) is 18.1. The largest absolute Gasteiger partial charge is 0.493 e. The summed E-state index contributed by atoms with van der Waals surface area (Å²) in [5.41, 5.74) is 6.79. The molecule has 0 atom stereocenters. The summed E-state index contributed by atoms with van der Waals surface area (Å²) in [6.07, 6.45) is 5.62. The second kappa shape index (κ2) is 8.73. The van der Waals surface area contributed by atoms with Gasteiger partial charge in [0, 0.05) is 36.8 Å². The van der Waals surface area contributed by atoms with E-state index in [9.17, 15) is 4.79 Å². The van der Waals surface area contributed by atoms with Crippen molar-refractivity contribution in [1.29, 1.82) is 0 Å². The number of methoxy groups -OCH3 is 2. The summed E-state index contributed by atoms with van der Waals surface area (Å²) >= 11 is 0. The van der Waals surface area contributed by atoms with Gasteiger partial charge in [0.1, 0.15) is 5.69 Å². The fourth-order valence-electron chi connectivity index (χ4n) is 3.65. The van der Waals surface area contributed by atoms with Gasteiger partial charge < -0.3 is 15.2 Å². The molecule has 0 spiro atoms. The third-order valence-electron chi connectivity index (χ3n) is 5.16. The number of aromatic nitrogens is 3. The van der Waals surface area contributed by atoms with Crippen LogP contribution >= 0.6 is 0 Å². The van der Waals surface area contributed by atoms with Gasteiger partial charge in [-0.1, -0.05) is 0 Å². The van der Waals surface area contributed by atoms with E-state index in [1.165, 1.54) is 43.9 Å². The molecule has 0 fully saturated rings. The van der Waals surface area contributed by atoms with E-state index < -0.39 is 23.4 Å². The van der Waals surface area contributed by atoms with Gasteiger partial charge in [-0.05, 0) is 6.92 Å². The fraction of sp³-hybridized carbons (Fsp3) is 0.238. The molecule has 3 heterocycles. The number of nitrogens with two attached hydrogens (primary N) is 1. The van der Waals surface area contributed by atoms with E-state index >= 15 is 8.78 Å². The molecule has 0 aliphatic carbocycles. The molecule has 3 aromatic rings. The van der Waals surface area contributed by atoms with Crippen molar-refractivity contribution in [3.05, 3.63) is 47.6 Å². The first kappa shape index (κ1) is 22.0. The lowest BCUT2D eigenvalue weighted by atomic mass is 10.1. The van der Waals surface area contributed by atoms with Gasteiger partial charge in [-0.15, -0.1) is 0 Å². The van der Waals surface area contributed by atoms with Gasteiger partial charge in [0.05, 0.1) is 43.7 Å². The highest BCUT2D eigenvalue weighted by atomic mass is 19.1. The zero-order chi connectivity index (χ0) is 23.7. The van der Waals surface area contributed by atoms with E-state index in [0.29, 0.717) is 28.8 Å². The number of ether oxygens (including phenoxy) is 2. The molecule has 33 heavy (non-hydrogen) atoms. The van der Waals surface area contributed by atoms with Crippen LogP contribution in [0.5, 0.6) is 11.5 Å². The molecular formula is C21H21F2N7O3. The Morgan fingerprint density at radius 1 is 1.24 bits per heavy atom. The predicted molar refractivity (Wildman–Crippen MR) is 119 cm³/mol. The Balaban J connectivity index is 1.98. The number of allylic oxidation sites excluding steroid dienone is 1. The molecule has 3 N–H and O–H groups in total. The maximum absolute atomic E-state index is 15.3. The number of aliphatic imine (C=N–C) groups is 1. The number of hydrogen-bond donors (Lipinski definition) is 2. The molecule has 0 radical (unpaired) electrons. The SMILES string of the molecule is CCN=C/C(=C\N)N1C(=O)N(c2c(F)c(OC)cc(OC)c2F)Cc2cnc3[nH]ncc3c21. The minimum absolute atomic E-state index is 0.175. The van der Waals surface area contributed by atoms with Crippen molar-refractivity contribution < 1.29 is 23.0 Å². The summed E-state index contributed by atoms with van der Waals surface area (Å²) < 4.78 is 40.6. The van der Waals surface area contributed by atoms with Crippen LogP contribution in [0.1, 0.15) is 12.5 Å². The number of amides is 2. The van der Waals surface area contributed by atoms with Crippen molar-refractivity contribution >= 4 is 34.7 Å². The Hall–Kier alpha value is -4.22. The number of benzene rings is 1. The van der Waals surface area contributed by atoms with Gasteiger partial charge in [0.2, 0.25) is 0 Å². The van der Waals surface area contributed by atoms with Gasteiger partial charge >= 0.3 is 6.03 Å². The third kappa shape index (κ3) is 3.49. The molecule has 172 valence electrons. The average molecular weight is 457 g/mol. The standard InChI is InChI=1S/C21H21F2N7O3/c1-4-25-8-12(6-24)30-18-11(7-26-20-13(18)9-27-28-20)10-29(21(30)31)19-16(22)14(32-2)5-15(33-3)17(19)23/h5-9H,4,10,24H2,1-3H3,(H,26,27,28)/b12-6+,25-8?. The molecule has 1 aromatic carbocycles. The van der Waals surface area contributed by atoms with Gasteiger partial charge in [-0.25, -0.2) is 18.6 Å². The van der Waals surface area contributed by atoms with Crippen LogP contribution in [0.3, 0.4) is 0 Å². The van der Waals surface area contributed by atoms with Crippen molar-refractivity contribution in [3.8, 4) is 11.5 Å². The van der Waals surface area contributed by atoms with Gasteiger partial charge in [0.25, 0.3) is 0 Å². The molecule has 0 bridgehead atoms. The van der Waals surface area contributed by atoms with Crippen molar-refractivity contribution in [2.45, 2.75) is 13.5 Å². The van der Waals surface area contributed by atoms with Crippen LogP contribution in [-0.2, 0) is 6.54 Å². The number of pyridine rings is 1. The molecule has 2 aromatic heterocycles. The lowest BCUT2D eigenvalue weighted by molar-refractivity contribution is 0.251. The summed E-state index contributed by atoms with van der Waals surface area (Å²) in [4.78, 5) is 24.4. The van der Waals surface area contributed by atoms with Gasteiger partial charge in [-0.3, -0.25) is 19.9 Å². The Morgan fingerprint density at radius 2 is 1.94 bits per heavy atom. The Bertz CT molecular complexity index is 1260. The van der Waals surface area contributed by atoms with Crippen LogP contribution in [0.4, 0.5) is 25.0 Å². The van der Waals surface area contributed by atoms with E-state index in [0.717, 1.165) is 11.0 Å². The molecule has 1 aliphatic rings. The first-order chi connectivity index (χ1) is 16.0. The van der Waals surface area contributed by atoms with Crippen molar-refractivity contribution in [3.63, 3.8) is 0 Å². The molecule has 2 amide bonds. The van der Waals surface area contributed by atoms with Crippen LogP contribution in [0.2, 0.25) is 0 Å². The van der Waals surface area contributed by atoms with Crippen LogP contribution in [0, 0.1) is 11.6 Å². The minimum atomic E-state index is -1.05. The molecule has 0 saturated heterocycles. The number of carbonyl (C=O) groups is 1. The predicted octanol–water partition coefficient (Wildman–Crippen LogP) is 3.09. The molecule has 0 saturated carbocycles. The number of urea groups is 1.